The number of oxazole rings is 1. The normalized spacial score (nSPS) is 11.3. The standard InChI is InChI=1S/C19H20N4O/c1-13-20-12-17(21(13)2)14-9-7-10-16(22(14)3)19-23(4)15-8-5-6-11-18(15)24-19/h5-12H,1-4H3/q+2. The minimum atomic E-state index is 0.833. The molecule has 0 unspecified atom stereocenters. The Balaban J connectivity index is 1.95. The summed E-state index contributed by atoms with van der Waals surface area (Å²) in [5, 5.41) is 0. The van der Waals surface area contributed by atoms with E-state index in [0.29, 0.717) is 0 Å². The van der Waals surface area contributed by atoms with Gasteiger partial charge in [-0.3, -0.25) is 0 Å². The van der Waals surface area contributed by atoms with Crippen LogP contribution in [0.3, 0.4) is 0 Å². The molecule has 1 aromatic carbocycles. The van der Waals surface area contributed by atoms with Crippen molar-refractivity contribution in [1.82, 2.24) is 9.55 Å². The zero-order chi connectivity index (χ0) is 16.8. The van der Waals surface area contributed by atoms with Crippen LogP contribution in [0.1, 0.15) is 5.82 Å². The van der Waals surface area contributed by atoms with Crippen LogP contribution in [0.2, 0.25) is 0 Å². The average Bonchev–Trinajstić information content (AvgIpc) is 3.09. The van der Waals surface area contributed by atoms with Crippen molar-refractivity contribution < 1.29 is 13.6 Å². The van der Waals surface area contributed by atoms with E-state index in [-0.39, 0.29) is 0 Å². The van der Waals surface area contributed by atoms with Gasteiger partial charge in [0, 0.05) is 25.2 Å². The number of hydrogen-bond acceptors (Lipinski definition) is 2. The van der Waals surface area contributed by atoms with Crippen LogP contribution in [-0.2, 0) is 21.1 Å². The van der Waals surface area contributed by atoms with E-state index >= 15 is 0 Å². The van der Waals surface area contributed by atoms with Gasteiger partial charge >= 0.3 is 11.6 Å². The first-order valence-corrected chi connectivity index (χ1v) is 7.93. The number of fused-ring (bicyclic) bond motifs is 1. The van der Waals surface area contributed by atoms with Crippen molar-refractivity contribution in [1.29, 1.82) is 0 Å². The highest BCUT2D eigenvalue weighted by Gasteiger charge is 2.30. The molecule has 4 aromatic rings. The molecule has 0 spiro atoms. The van der Waals surface area contributed by atoms with Gasteiger partial charge in [-0.05, 0) is 19.1 Å². The maximum absolute atomic E-state index is 6.11. The van der Waals surface area contributed by atoms with Crippen LogP contribution in [0.5, 0.6) is 0 Å². The predicted octanol–water partition coefficient (Wildman–Crippen LogP) is 2.46. The first-order valence-electron chi connectivity index (χ1n) is 7.93. The molecule has 0 atom stereocenters. The molecule has 0 saturated carbocycles. The van der Waals surface area contributed by atoms with Gasteiger partial charge in [-0.1, -0.05) is 12.1 Å². The van der Waals surface area contributed by atoms with Gasteiger partial charge in [-0.2, -0.15) is 9.13 Å². The molecule has 5 heteroatoms. The molecule has 3 heterocycles. The lowest BCUT2D eigenvalue weighted by Crippen LogP contribution is -2.39. The van der Waals surface area contributed by atoms with Crippen LogP contribution < -0.4 is 9.13 Å². The molecule has 3 aromatic heterocycles. The number of para-hydroxylation sites is 2. The third kappa shape index (κ3) is 2.05. The van der Waals surface area contributed by atoms with Crippen LogP contribution in [0.15, 0.2) is 53.1 Å². The zero-order valence-electron chi connectivity index (χ0n) is 14.3. The van der Waals surface area contributed by atoms with Gasteiger partial charge in [0.15, 0.2) is 0 Å². The van der Waals surface area contributed by atoms with E-state index in [9.17, 15) is 0 Å². The summed E-state index contributed by atoms with van der Waals surface area (Å²) in [6.45, 7) is 2.01. The highest BCUT2D eigenvalue weighted by molar-refractivity contribution is 5.70. The molecule has 0 radical (unpaired) electrons. The smallest absolute Gasteiger partial charge is 0.393 e. The van der Waals surface area contributed by atoms with Gasteiger partial charge in [0.05, 0.1) is 6.20 Å². The summed E-state index contributed by atoms with van der Waals surface area (Å²) < 4.78 is 12.4. The molecule has 4 rings (SSSR count). The molecule has 0 aliphatic heterocycles. The van der Waals surface area contributed by atoms with Gasteiger partial charge in [0.25, 0.3) is 5.52 Å². The summed E-state index contributed by atoms with van der Waals surface area (Å²) in [5.41, 5.74) is 5.16. The SMILES string of the molecule is Cc1ncc(-c2cccc(-c3oc4ccccc4[n+]3C)[n+]2C)n1C. The number of benzene rings is 1. The molecule has 120 valence electrons. The largest absolute Gasteiger partial charge is 0.448 e. The van der Waals surface area contributed by atoms with Crippen molar-refractivity contribution in [3.63, 3.8) is 0 Å². The Morgan fingerprint density at radius 3 is 2.42 bits per heavy atom. The molecule has 0 bridgehead atoms. The van der Waals surface area contributed by atoms with E-state index in [1.165, 1.54) is 0 Å². The highest BCUT2D eigenvalue weighted by atomic mass is 16.4. The summed E-state index contributed by atoms with van der Waals surface area (Å²) in [4.78, 5) is 4.41. The van der Waals surface area contributed by atoms with Crippen LogP contribution >= 0.6 is 0 Å². The molecular weight excluding hydrogens is 300 g/mol. The quantitative estimate of drug-likeness (QED) is 0.532. The van der Waals surface area contributed by atoms with Crippen LogP contribution in [-0.4, -0.2) is 9.55 Å². The van der Waals surface area contributed by atoms with Gasteiger partial charge in [0.2, 0.25) is 11.3 Å². The highest BCUT2D eigenvalue weighted by Crippen LogP contribution is 2.22. The Kier molecular flexibility index (Phi) is 3.23. The summed E-state index contributed by atoms with van der Waals surface area (Å²) in [5.74, 6) is 1.82. The Labute approximate surface area is 140 Å². The molecule has 0 saturated heterocycles. The summed E-state index contributed by atoms with van der Waals surface area (Å²) in [7, 11) is 6.12. The second-order valence-electron chi connectivity index (χ2n) is 6.04. The average molecular weight is 320 g/mol. The van der Waals surface area contributed by atoms with Crippen molar-refractivity contribution in [3.05, 3.63) is 54.5 Å². The monoisotopic (exact) mass is 320 g/mol. The van der Waals surface area contributed by atoms with Crippen LogP contribution in [0.4, 0.5) is 0 Å². The lowest BCUT2D eigenvalue weighted by molar-refractivity contribution is -0.675. The van der Waals surface area contributed by atoms with Crippen molar-refractivity contribution in [2.24, 2.45) is 21.1 Å². The Morgan fingerprint density at radius 2 is 1.71 bits per heavy atom. The van der Waals surface area contributed by atoms with E-state index in [4.69, 9.17) is 4.42 Å². The number of pyridine rings is 1. The maximum Gasteiger partial charge on any atom is 0.448 e. The second kappa shape index (κ2) is 5.30. The van der Waals surface area contributed by atoms with Crippen LogP contribution in [0.25, 0.3) is 34.1 Å². The molecule has 0 aliphatic rings. The van der Waals surface area contributed by atoms with E-state index < -0.39 is 0 Å². The fourth-order valence-corrected chi connectivity index (χ4v) is 3.12. The zero-order valence-corrected chi connectivity index (χ0v) is 14.3. The maximum atomic E-state index is 6.11. The molecule has 24 heavy (non-hydrogen) atoms. The first-order chi connectivity index (χ1) is 11.6. The number of hydrogen-bond donors (Lipinski definition) is 0. The van der Waals surface area contributed by atoms with E-state index in [2.05, 4.69) is 50.0 Å². The lowest BCUT2D eigenvalue weighted by atomic mass is 10.2. The fraction of sp³-hybridized carbons (Fsp3) is 0.211. The Bertz CT molecular complexity index is 1060. The van der Waals surface area contributed by atoms with Gasteiger partial charge in [0.1, 0.15) is 25.6 Å². The predicted molar refractivity (Wildman–Crippen MR) is 90.9 cm³/mol. The minimum Gasteiger partial charge on any atom is -0.393 e. The number of aryl methyl sites for hydroxylation is 2. The van der Waals surface area contributed by atoms with E-state index in [0.717, 1.165) is 39.9 Å². The van der Waals surface area contributed by atoms with Crippen molar-refractivity contribution >= 4 is 11.1 Å². The molecular formula is C19H20N4O+2. The Morgan fingerprint density at radius 1 is 0.958 bits per heavy atom. The van der Waals surface area contributed by atoms with Crippen LogP contribution in [0, 0.1) is 6.92 Å². The van der Waals surface area contributed by atoms with Gasteiger partial charge in [-0.15, -0.1) is 0 Å². The summed E-state index contributed by atoms with van der Waals surface area (Å²) in [6, 6.07) is 14.3. The number of imidazole rings is 1. The van der Waals surface area contributed by atoms with E-state index in [1.807, 2.05) is 45.4 Å². The second-order valence-corrected chi connectivity index (χ2v) is 6.04. The molecule has 0 fully saturated rings. The van der Waals surface area contributed by atoms with Crippen molar-refractivity contribution in [2.45, 2.75) is 6.92 Å². The number of aromatic nitrogens is 4. The molecule has 0 aliphatic carbocycles. The molecule has 0 amide bonds. The molecule has 5 nitrogen and oxygen atoms in total. The Hall–Kier alpha value is -2.95. The topological polar surface area (TPSA) is 38.7 Å². The summed E-state index contributed by atoms with van der Waals surface area (Å²) >= 11 is 0. The first kappa shape index (κ1) is 14.6. The van der Waals surface area contributed by atoms with Crippen molar-refractivity contribution in [3.8, 4) is 23.0 Å². The van der Waals surface area contributed by atoms with Gasteiger partial charge in [-0.25, -0.2) is 4.98 Å². The molecule has 0 N–H and O–H groups in total. The van der Waals surface area contributed by atoms with E-state index in [1.54, 1.807) is 0 Å². The fourth-order valence-electron chi connectivity index (χ4n) is 3.12. The van der Waals surface area contributed by atoms with Crippen molar-refractivity contribution in [2.75, 3.05) is 0 Å². The minimum absolute atomic E-state index is 0.833. The third-order valence-electron chi connectivity index (χ3n) is 4.67. The van der Waals surface area contributed by atoms with Gasteiger partial charge < -0.3 is 8.98 Å². The lowest BCUT2D eigenvalue weighted by Gasteiger charge is -2.03. The third-order valence-corrected chi connectivity index (χ3v) is 4.67. The summed E-state index contributed by atoms with van der Waals surface area (Å²) in [6.07, 6.45) is 1.91. The number of rotatable bonds is 2. The number of nitrogens with zero attached hydrogens (tertiary/aromatic N) is 4.